The molecule has 5 heteroatoms. The zero-order chi connectivity index (χ0) is 10.4. The fourth-order valence-corrected chi connectivity index (χ4v) is 1.05. The fourth-order valence-electron chi connectivity index (χ4n) is 1.05. The van der Waals surface area contributed by atoms with Crippen molar-refractivity contribution in [2.24, 2.45) is 0 Å². The van der Waals surface area contributed by atoms with Gasteiger partial charge in [-0.25, -0.2) is 14.6 Å². The Morgan fingerprint density at radius 2 is 2.36 bits per heavy atom. The lowest BCUT2D eigenvalue weighted by molar-refractivity contribution is -0.336. The minimum atomic E-state index is -0.409. The molecule has 14 heavy (non-hydrogen) atoms. The summed E-state index contributed by atoms with van der Waals surface area (Å²) in [5, 5.41) is 0. The van der Waals surface area contributed by atoms with E-state index in [1.165, 1.54) is 13.2 Å². The van der Waals surface area contributed by atoms with Crippen LogP contribution in [0.3, 0.4) is 0 Å². The lowest BCUT2D eigenvalue weighted by atomic mass is 10.2. The fraction of sp³-hybridized carbons (Fsp3) is 0.667. The van der Waals surface area contributed by atoms with Gasteiger partial charge in [0.2, 0.25) is 0 Å². The predicted octanol–water partition coefficient (Wildman–Crippen LogP) is 0.799. The van der Waals surface area contributed by atoms with Crippen LogP contribution in [0.2, 0.25) is 0 Å². The van der Waals surface area contributed by atoms with Crippen molar-refractivity contribution >= 4 is 5.97 Å². The van der Waals surface area contributed by atoms with Gasteiger partial charge in [0.15, 0.2) is 6.29 Å². The standard InChI is InChI=1S/C9H14O5/c1-3-12-9-6-7(13-14-9)4-5-8(10)11-2/h4-5,7,9H,3,6H2,1-2H3/b5-4-/t7-,9-/m0/s1. The Bertz CT molecular complexity index is 213. The zero-order valence-electron chi connectivity index (χ0n) is 8.26. The van der Waals surface area contributed by atoms with E-state index in [0.29, 0.717) is 13.0 Å². The molecule has 5 nitrogen and oxygen atoms in total. The number of carbonyl (C=O) groups excluding carboxylic acids is 1. The second-order valence-corrected chi connectivity index (χ2v) is 2.73. The molecule has 1 aliphatic rings. The van der Waals surface area contributed by atoms with E-state index in [0.717, 1.165) is 0 Å². The number of hydrogen-bond acceptors (Lipinski definition) is 5. The van der Waals surface area contributed by atoms with Crippen LogP contribution < -0.4 is 0 Å². The molecule has 0 amide bonds. The van der Waals surface area contributed by atoms with Gasteiger partial charge in [-0.1, -0.05) is 0 Å². The van der Waals surface area contributed by atoms with E-state index in [2.05, 4.69) is 4.74 Å². The van der Waals surface area contributed by atoms with Crippen molar-refractivity contribution in [1.29, 1.82) is 0 Å². The summed E-state index contributed by atoms with van der Waals surface area (Å²) in [7, 11) is 1.32. The van der Waals surface area contributed by atoms with Crippen LogP contribution in [-0.4, -0.2) is 32.1 Å². The van der Waals surface area contributed by atoms with Gasteiger partial charge in [-0.05, 0) is 13.0 Å². The van der Waals surface area contributed by atoms with E-state index < -0.39 is 5.97 Å². The number of ether oxygens (including phenoxy) is 2. The first kappa shape index (κ1) is 11.2. The van der Waals surface area contributed by atoms with Crippen LogP contribution >= 0.6 is 0 Å². The molecule has 0 aromatic rings. The highest BCUT2D eigenvalue weighted by Crippen LogP contribution is 2.18. The molecule has 0 saturated carbocycles. The van der Waals surface area contributed by atoms with Crippen molar-refractivity contribution in [1.82, 2.24) is 0 Å². The van der Waals surface area contributed by atoms with E-state index >= 15 is 0 Å². The van der Waals surface area contributed by atoms with E-state index in [9.17, 15) is 4.79 Å². The summed E-state index contributed by atoms with van der Waals surface area (Å²) < 4.78 is 9.60. The quantitative estimate of drug-likeness (QED) is 0.383. The summed E-state index contributed by atoms with van der Waals surface area (Å²) in [5.41, 5.74) is 0. The van der Waals surface area contributed by atoms with E-state index in [1.807, 2.05) is 6.92 Å². The zero-order valence-corrected chi connectivity index (χ0v) is 8.26. The van der Waals surface area contributed by atoms with Crippen LogP contribution in [0, 0.1) is 0 Å². The van der Waals surface area contributed by atoms with Gasteiger partial charge in [-0.15, -0.1) is 0 Å². The first-order valence-electron chi connectivity index (χ1n) is 4.46. The summed E-state index contributed by atoms with van der Waals surface area (Å²) >= 11 is 0. The summed E-state index contributed by atoms with van der Waals surface area (Å²) in [6, 6.07) is 0. The highest BCUT2D eigenvalue weighted by molar-refractivity contribution is 5.81. The molecule has 1 saturated heterocycles. The summed E-state index contributed by atoms with van der Waals surface area (Å²) in [6.07, 6.45) is 2.90. The Balaban J connectivity index is 2.28. The topological polar surface area (TPSA) is 54.0 Å². The van der Waals surface area contributed by atoms with Gasteiger partial charge in [0, 0.05) is 19.1 Å². The van der Waals surface area contributed by atoms with Gasteiger partial charge >= 0.3 is 5.97 Å². The minimum Gasteiger partial charge on any atom is -0.466 e. The third kappa shape index (κ3) is 3.45. The molecule has 0 aliphatic carbocycles. The molecule has 0 radical (unpaired) electrons. The van der Waals surface area contributed by atoms with E-state index in [1.54, 1.807) is 6.08 Å². The maximum absolute atomic E-state index is 10.7. The summed E-state index contributed by atoms with van der Waals surface area (Å²) in [5.74, 6) is -0.409. The van der Waals surface area contributed by atoms with Crippen molar-refractivity contribution in [3.63, 3.8) is 0 Å². The first-order valence-corrected chi connectivity index (χ1v) is 4.46. The molecule has 0 aromatic heterocycles. The van der Waals surface area contributed by atoms with Gasteiger partial charge in [0.25, 0.3) is 0 Å². The molecule has 0 aromatic carbocycles. The Morgan fingerprint density at radius 3 is 3.00 bits per heavy atom. The lowest BCUT2D eigenvalue weighted by Crippen LogP contribution is -2.10. The number of methoxy groups -OCH3 is 1. The number of esters is 1. The van der Waals surface area contributed by atoms with Gasteiger partial charge in [-0.2, -0.15) is 0 Å². The maximum atomic E-state index is 10.7. The molecule has 1 heterocycles. The SMILES string of the molecule is CCO[C@@H]1C[C@H](/C=C\C(=O)OC)OO1. The van der Waals surface area contributed by atoms with Crippen molar-refractivity contribution < 1.29 is 24.0 Å². The van der Waals surface area contributed by atoms with Crippen LogP contribution in [0.1, 0.15) is 13.3 Å². The third-order valence-corrected chi connectivity index (χ3v) is 1.71. The van der Waals surface area contributed by atoms with Crippen LogP contribution in [0.4, 0.5) is 0 Å². The first-order chi connectivity index (χ1) is 6.76. The van der Waals surface area contributed by atoms with E-state index in [4.69, 9.17) is 14.5 Å². The number of rotatable bonds is 4. The number of hydrogen-bond donors (Lipinski definition) is 0. The lowest BCUT2D eigenvalue weighted by Gasteiger charge is -2.03. The van der Waals surface area contributed by atoms with Crippen LogP contribution in [0.15, 0.2) is 12.2 Å². The molecule has 0 bridgehead atoms. The molecule has 1 aliphatic heterocycles. The van der Waals surface area contributed by atoms with Crippen molar-refractivity contribution in [3.8, 4) is 0 Å². The number of carbonyl (C=O) groups is 1. The maximum Gasteiger partial charge on any atom is 0.330 e. The van der Waals surface area contributed by atoms with Crippen molar-refractivity contribution in [2.45, 2.75) is 25.7 Å². The summed E-state index contributed by atoms with van der Waals surface area (Å²) in [4.78, 5) is 20.5. The van der Waals surface area contributed by atoms with Gasteiger partial charge in [-0.3, -0.25) is 0 Å². The van der Waals surface area contributed by atoms with Crippen molar-refractivity contribution in [3.05, 3.63) is 12.2 Å². The second kappa shape index (κ2) is 5.74. The monoisotopic (exact) mass is 202 g/mol. The van der Waals surface area contributed by atoms with E-state index in [-0.39, 0.29) is 12.4 Å². The van der Waals surface area contributed by atoms with Gasteiger partial charge in [0.05, 0.1) is 7.11 Å². The highest BCUT2D eigenvalue weighted by Gasteiger charge is 2.25. The van der Waals surface area contributed by atoms with Gasteiger partial charge < -0.3 is 9.47 Å². The molecule has 1 fully saturated rings. The predicted molar refractivity (Wildman–Crippen MR) is 47.1 cm³/mol. The third-order valence-electron chi connectivity index (χ3n) is 1.71. The highest BCUT2D eigenvalue weighted by atomic mass is 17.2. The Kier molecular flexibility index (Phi) is 4.58. The van der Waals surface area contributed by atoms with Crippen LogP contribution in [-0.2, 0) is 24.0 Å². The van der Waals surface area contributed by atoms with Crippen molar-refractivity contribution in [2.75, 3.05) is 13.7 Å². The molecule has 1 rings (SSSR count). The van der Waals surface area contributed by atoms with Crippen LogP contribution in [0.5, 0.6) is 0 Å². The average Bonchev–Trinajstić information content (AvgIpc) is 2.63. The molecular formula is C9H14O5. The Hall–Kier alpha value is -0.910. The normalized spacial score (nSPS) is 27.0. The Labute approximate surface area is 82.5 Å². The largest absolute Gasteiger partial charge is 0.466 e. The molecule has 80 valence electrons. The molecule has 0 spiro atoms. The Morgan fingerprint density at radius 1 is 1.57 bits per heavy atom. The summed E-state index contributed by atoms with van der Waals surface area (Å²) in [6.45, 7) is 2.45. The van der Waals surface area contributed by atoms with Gasteiger partial charge in [0.1, 0.15) is 6.10 Å². The minimum absolute atomic E-state index is 0.245. The molecule has 0 unspecified atom stereocenters. The van der Waals surface area contributed by atoms with Crippen LogP contribution in [0.25, 0.3) is 0 Å². The molecule has 0 N–H and O–H groups in total. The molecular weight excluding hydrogens is 188 g/mol. The second-order valence-electron chi connectivity index (χ2n) is 2.73. The smallest absolute Gasteiger partial charge is 0.330 e. The average molecular weight is 202 g/mol. The molecule has 2 atom stereocenters.